The second kappa shape index (κ2) is 10.7. The molecule has 0 aliphatic heterocycles. The molecule has 0 spiro atoms. The molecule has 0 aliphatic rings. The summed E-state index contributed by atoms with van der Waals surface area (Å²) in [5.74, 6) is -1.19. The Labute approximate surface area is 178 Å². The van der Waals surface area contributed by atoms with Crippen molar-refractivity contribution in [3.8, 4) is 6.07 Å². The molecule has 0 bridgehead atoms. The smallest absolute Gasteiger partial charge is 0.306 e. The van der Waals surface area contributed by atoms with Crippen LogP contribution in [0.3, 0.4) is 0 Å². The van der Waals surface area contributed by atoms with Gasteiger partial charge in [-0.05, 0) is 49.7 Å². The van der Waals surface area contributed by atoms with Crippen LogP contribution in [0.15, 0.2) is 30.3 Å². The molecular weight excluding hydrogens is 412 g/mol. The summed E-state index contributed by atoms with van der Waals surface area (Å²) in [6.07, 6.45) is 0.0684. The van der Waals surface area contributed by atoms with E-state index in [1.54, 1.807) is 24.3 Å². The maximum absolute atomic E-state index is 12.6. The molecule has 152 valence electrons. The molecule has 0 N–H and O–H groups in total. The SMILES string of the molecule is Cc1ccc(C(=O)CCC(=O)OCC(=O)N(CCC#N)c2ccc(Cl)c(C)c2)s1. The molecule has 0 atom stereocenters. The standard InChI is InChI=1S/C21H21ClN2O4S/c1-14-12-16(5-6-17(14)22)24(11-3-10-23)20(26)13-28-21(27)9-7-18(25)19-8-4-15(2)29-19/h4-6,8,12H,3,7,9,11,13H2,1-2H3. The van der Waals surface area contributed by atoms with Gasteiger partial charge >= 0.3 is 5.97 Å². The zero-order valence-electron chi connectivity index (χ0n) is 16.2. The Balaban J connectivity index is 1.91. The number of carbonyl (C=O) groups is 3. The summed E-state index contributed by atoms with van der Waals surface area (Å²) in [6.45, 7) is 3.43. The van der Waals surface area contributed by atoms with E-state index in [4.69, 9.17) is 21.6 Å². The van der Waals surface area contributed by atoms with E-state index in [0.29, 0.717) is 15.6 Å². The summed E-state index contributed by atoms with van der Waals surface area (Å²) >= 11 is 7.40. The van der Waals surface area contributed by atoms with Crippen molar-refractivity contribution < 1.29 is 19.1 Å². The Morgan fingerprint density at radius 2 is 1.93 bits per heavy atom. The molecular formula is C21H21ClN2O4S. The lowest BCUT2D eigenvalue weighted by Gasteiger charge is -2.22. The van der Waals surface area contributed by atoms with E-state index in [1.807, 2.05) is 26.0 Å². The van der Waals surface area contributed by atoms with Crippen molar-refractivity contribution in [3.05, 3.63) is 50.7 Å². The second-order valence-electron chi connectivity index (χ2n) is 6.38. The summed E-state index contributed by atoms with van der Waals surface area (Å²) < 4.78 is 5.04. The lowest BCUT2D eigenvalue weighted by atomic mass is 10.2. The van der Waals surface area contributed by atoms with Crippen molar-refractivity contribution in [3.63, 3.8) is 0 Å². The van der Waals surface area contributed by atoms with Crippen LogP contribution in [0, 0.1) is 25.2 Å². The van der Waals surface area contributed by atoms with Crippen LogP contribution >= 0.6 is 22.9 Å². The highest BCUT2D eigenvalue weighted by molar-refractivity contribution is 7.14. The number of ketones is 1. The normalized spacial score (nSPS) is 10.3. The molecule has 0 fully saturated rings. The van der Waals surface area contributed by atoms with Crippen LogP contribution in [0.4, 0.5) is 5.69 Å². The van der Waals surface area contributed by atoms with Crippen LogP contribution < -0.4 is 4.90 Å². The van der Waals surface area contributed by atoms with Crippen LogP contribution in [0.25, 0.3) is 0 Å². The zero-order chi connectivity index (χ0) is 21.4. The summed E-state index contributed by atoms with van der Waals surface area (Å²) in [6, 6.07) is 10.7. The highest BCUT2D eigenvalue weighted by Crippen LogP contribution is 2.23. The summed E-state index contributed by atoms with van der Waals surface area (Å²) in [5, 5.41) is 9.42. The predicted molar refractivity (Wildman–Crippen MR) is 112 cm³/mol. The molecule has 1 aromatic heterocycles. The van der Waals surface area contributed by atoms with E-state index in [1.165, 1.54) is 16.2 Å². The van der Waals surface area contributed by atoms with Gasteiger partial charge in [0.1, 0.15) is 0 Å². The van der Waals surface area contributed by atoms with Crippen LogP contribution in [0.5, 0.6) is 0 Å². The van der Waals surface area contributed by atoms with Crippen LogP contribution in [0.2, 0.25) is 5.02 Å². The summed E-state index contributed by atoms with van der Waals surface area (Å²) in [4.78, 5) is 39.6. The fourth-order valence-electron chi connectivity index (χ4n) is 2.57. The molecule has 0 aliphatic carbocycles. The van der Waals surface area contributed by atoms with Crippen molar-refractivity contribution in [2.75, 3.05) is 18.1 Å². The molecule has 6 nitrogen and oxygen atoms in total. The number of ether oxygens (including phenoxy) is 1. The lowest BCUT2D eigenvalue weighted by molar-refractivity contribution is -0.147. The number of halogens is 1. The minimum absolute atomic E-state index is 0.0293. The minimum Gasteiger partial charge on any atom is -0.456 e. The Hall–Kier alpha value is -2.69. The monoisotopic (exact) mass is 432 g/mol. The average Bonchev–Trinajstić information content (AvgIpc) is 3.13. The first-order valence-corrected chi connectivity index (χ1v) is 10.2. The number of esters is 1. The highest BCUT2D eigenvalue weighted by Gasteiger charge is 2.19. The summed E-state index contributed by atoms with van der Waals surface area (Å²) in [5.41, 5.74) is 1.37. The van der Waals surface area contributed by atoms with Gasteiger partial charge in [-0.25, -0.2) is 0 Å². The third-order valence-corrected chi connectivity index (χ3v) is 5.60. The third kappa shape index (κ3) is 6.70. The zero-order valence-corrected chi connectivity index (χ0v) is 17.8. The number of Topliss-reactive ketones (excluding diaryl/α,β-unsaturated/α-hetero) is 1. The number of hydrogen-bond acceptors (Lipinski definition) is 6. The van der Waals surface area contributed by atoms with E-state index in [-0.39, 0.29) is 31.6 Å². The third-order valence-electron chi connectivity index (χ3n) is 4.13. The van der Waals surface area contributed by atoms with Gasteiger partial charge in [0.05, 0.1) is 23.8 Å². The highest BCUT2D eigenvalue weighted by atomic mass is 35.5. The molecule has 1 aromatic carbocycles. The van der Waals surface area contributed by atoms with Gasteiger partial charge in [-0.1, -0.05) is 11.6 Å². The van der Waals surface area contributed by atoms with Gasteiger partial charge in [-0.3, -0.25) is 14.4 Å². The van der Waals surface area contributed by atoms with E-state index in [0.717, 1.165) is 10.4 Å². The number of aryl methyl sites for hydroxylation is 2. The Morgan fingerprint density at radius 1 is 1.17 bits per heavy atom. The number of hydrogen-bond donors (Lipinski definition) is 0. The average molecular weight is 433 g/mol. The van der Waals surface area contributed by atoms with Gasteiger partial charge in [-0.15, -0.1) is 11.3 Å². The first kappa shape index (κ1) is 22.6. The Morgan fingerprint density at radius 3 is 2.55 bits per heavy atom. The molecule has 1 heterocycles. The van der Waals surface area contributed by atoms with Crippen LogP contribution in [0.1, 0.15) is 39.4 Å². The predicted octanol–water partition coefficient (Wildman–Crippen LogP) is 4.47. The number of anilines is 1. The molecule has 2 aromatic rings. The summed E-state index contributed by atoms with van der Waals surface area (Å²) in [7, 11) is 0. The van der Waals surface area contributed by atoms with Gasteiger partial charge in [0.15, 0.2) is 12.4 Å². The van der Waals surface area contributed by atoms with Crippen molar-refractivity contribution in [2.45, 2.75) is 33.1 Å². The minimum atomic E-state index is -0.618. The molecule has 0 saturated carbocycles. The number of amides is 1. The largest absolute Gasteiger partial charge is 0.456 e. The van der Waals surface area contributed by atoms with E-state index in [9.17, 15) is 14.4 Å². The first-order valence-electron chi connectivity index (χ1n) is 9.00. The number of nitriles is 1. The first-order chi connectivity index (χ1) is 13.8. The van der Waals surface area contributed by atoms with Gasteiger partial charge < -0.3 is 9.64 Å². The fraction of sp³-hybridized carbons (Fsp3) is 0.333. The number of benzene rings is 1. The van der Waals surface area contributed by atoms with Gasteiger partial charge in [0, 0.05) is 28.6 Å². The van der Waals surface area contributed by atoms with Gasteiger partial charge in [0.25, 0.3) is 5.91 Å². The van der Waals surface area contributed by atoms with Crippen molar-refractivity contribution >= 4 is 46.3 Å². The molecule has 0 radical (unpaired) electrons. The molecule has 2 rings (SSSR count). The molecule has 0 saturated heterocycles. The Kier molecular flexibility index (Phi) is 8.37. The quantitative estimate of drug-likeness (QED) is 0.431. The number of carbonyl (C=O) groups excluding carboxylic acids is 3. The topological polar surface area (TPSA) is 87.5 Å². The van der Waals surface area contributed by atoms with E-state index >= 15 is 0 Å². The van der Waals surface area contributed by atoms with E-state index in [2.05, 4.69) is 0 Å². The molecule has 8 heteroatoms. The van der Waals surface area contributed by atoms with Crippen molar-refractivity contribution in [2.24, 2.45) is 0 Å². The molecule has 29 heavy (non-hydrogen) atoms. The number of rotatable bonds is 9. The Bertz CT molecular complexity index is 948. The maximum atomic E-state index is 12.6. The fourth-order valence-corrected chi connectivity index (χ4v) is 3.52. The van der Waals surface area contributed by atoms with Gasteiger partial charge in [0.2, 0.25) is 0 Å². The number of thiophene rings is 1. The van der Waals surface area contributed by atoms with Crippen molar-refractivity contribution in [1.82, 2.24) is 0 Å². The van der Waals surface area contributed by atoms with Gasteiger partial charge in [-0.2, -0.15) is 5.26 Å². The second-order valence-corrected chi connectivity index (χ2v) is 8.08. The number of nitrogens with zero attached hydrogens (tertiary/aromatic N) is 2. The molecule has 1 amide bonds. The molecule has 0 unspecified atom stereocenters. The van der Waals surface area contributed by atoms with Crippen LogP contribution in [-0.4, -0.2) is 30.8 Å². The van der Waals surface area contributed by atoms with E-state index < -0.39 is 18.5 Å². The van der Waals surface area contributed by atoms with Crippen molar-refractivity contribution in [1.29, 1.82) is 5.26 Å². The lowest BCUT2D eigenvalue weighted by Crippen LogP contribution is -2.35. The maximum Gasteiger partial charge on any atom is 0.306 e. The van der Waals surface area contributed by atoms with Crippen LogP contribution in [-0.2, 0) is 14.3 Å².